The second-order valence-corrected chi connectivity index (χ2v) is 6.75. The van der Waals surface area contributed by atoms with Crippen molar-refractivity contribution in [2.24, 2.45) is 5.92 Å². The van der Waals surface area contributed by atoms with Gasteiger partial charge >= 0.3 is 12.3 Å². The molecule has 0 aliphatic carbocycles. The summed E-state index contributed by atoms with van der Waals surface area (Å²) >= 11 is 0. The van der Waals surface area contributed by atoms with Gasteiger partial charge in [-0.1, -0.05) is 26.0 Å². The van der Waals surface area contributed by atoms with Crippen molar-refractivity contribution in [3.8, 4) is 5.75 Å². The molecule has 148 valence electrons. The van der Waals surface area contributed by atoms with E-state index in [0.29, 0.717) is 11.5 Å². The van der Waals surface area contributed by atoms with Crippen molar-refractivity contribution in [3.05, 3.63) is 46.8 Å². The normalized spacial score (nSPS) is 11.7. The molecule has 5 nitrogen and oxygen atoms in total. The van der Waals surface area contributed by atoms with Crippen LogP contribution in [-0.4, -0.2) is 22.1 Å². The van der Waals surface area contributed by atoms with Gasteiger partial charge in [-0.25, -0.2) is 0 Å². The first-order valence-corrected chi connectivity index (χ1v) is 8.58. The number of benzene rings is 1. The maximum Gasteiger partial charge on any atom is 0.573 e. The van der Waals surface area contributed by atoms with E-state index in [-0.39, 0.29) is 18.8 Å². The Bertz CT molecular complexity index is 781. The average Bonchev–Trinajstić information content (AvgIpc) is 2.80. The minimum atomic E-state index is -4.73. The summed E-state index contributed by atoms with van der Waals surface area (Å²) in [5, 5.41) is 4.46. The van der Waals surface area contributed by atoms with Gasteiger partial charge in [0.25, 0.3) is 0 Å². The Labute approximate surface area is 156 Å². The van der Waals surface area contributed by atoms with Crippen LogP contribution < -0.4 is 4.74 Å². The number of ether oxygens (including phenoxy) is 2. The zero-order valence-electron chi connectivity index (χ0n) is 15.8. The van der Waals surface area contributed by atoms with Crippen LogP contribution in [0.4, 0.5) is 13.2 Å². The molecule has 2 rings (SSSR count). The first kappa shape index (κ1) is 20.8. The lowest BCUT2D eigenvalue weighted by molar-refractivity contribution is -0.274. The minimum Gasteiger partial charge on any atom is -0.461 e. The quantitative estimate of drug-likeness (QED) is 0.667. The summed E-state index contributed by atoms with van der Waals surface area (Å²) in [5.41, 5.74) is 3.14. The number of hydrogen-bond acceptors (Lipinski definition) is 4. The fraction of sp³-hybridized carbons (Fsp3) is 0.474. The first-order valence-electron chi connectivity index (χ1n) is 8.58. The van der Waals surface area contributed by atoms with Crippen LogP contribution in [0.25, 0.3) is 0 Å². The molecule has 0 N–H and O–H groups in total. The van der Waals surface area contributed by atoms with Crippen LogP contribution in [-0.2, 0) is 29.1 Å². The molecule has 27 heavy (non-hydrogen) atoms. The van der Waals surface area contributed by atoms with Crippen molar-refractivity contribution >= 4 is 5.97 Å². The molecule has 1 aromatic heterocycles. The standard InChI is InChI=1S/C19H23F3N2O3/c1-12(2)10-24-14(4)17(13(3)23-24)9-18(25)26-11-15-5-7-16(8-6-15)27-19(20,21)22/h5-8,12H,9-11H2,1-4H3. The lowest BCUT2D eigenvalue weighted by Gasteiger charge is -2.10. The number of aromatic nitrogens is 2. The van der Waals surface area contributed by atoms with Gasteiger partial charge in [-0.15, -0.1) is 13.2 Å². The highest BCUT2D eigenvalue weighted by atomic mass is 19.4. The smallest absolute Gasteiger partial charge is 0.461 e. The number of aryl methyl sites for hydroxylation is 1. The van der Waals surface area contributed by atoms with Crippen molar-refractivity contribution in [3.63, 3.8) is 0 Å². The third-order valence-corrected chi connectivity index (χ3v) is 3.95. The number of rotatable bonds is 7. The molecule has 1 heterocycles. The highest BCUT2D eigenvalue weighted by molar-refractivity contribution is 5.73. The van der Waals surface area contributed by atoms with Gasteiger partial charge < -0.3 is 9.47 Å². The Hall–Kier alpha value is -2.51. The fourth-order valence-corrected chi connectivity index (χ4v) is 2.66. The number of halogens is 3. The lowest BCUT2D eigenvalue weighted by Crippen LogP contribution is -2.17. The van der Waals surface area contributed by atoms with Crippen LogP contribution >= 0.6 is 0 Å². The van der Waals surface area contributed by atoms with Gasteiger partial charge in [0.2, 0.25) is 0 Å². The molecule has 2 aromatic rings. The zero-order valence-corrected chi connectivity index (χ0v) is 15.8. The molecular formula is C19H23F3N2O3. The van der Waals surface area contributed by atoms with E-state index in [0.717, 1.165) is 23.5 Å². The molecule has 0 amide bonds. The molecule has 0 saturated heterocycles. The summed E-state index contributed by atoms with van der Waals surface area (Å²) < 4.78 is 47.3. The van der Waals surface area contributed by atoms with E-state index in [4.69, 9.17) is 4.74 Å². The van der Waals surface area contributed by atoms with E-state index >= 15 is 0 Å². The van der Waals surface area contributed by atoms with Crippen LogP contribution in [0.15, 0.2) is 24.3 Å². The van der Waals surface area contributed by atoms with Crippen LogP contribution in [0.3, 0.4) is 0 Å². The topological polar surface area (TPSA) is 53.4 Å². The molecule has 8 heteroatoms. The van der Waals surface area contributed by atoms with Crippen molar-refractivity contribution < 1.29 is 27.4 Å². The van der Waals surface area contributed by atoms with E-state index in [1.807, 2.05) is 18.5 Å². The molecule has 0 radical (unpaired) electrons. The summed E-state index contributed by atoms with van der Waals surface area (Å²) in [4.78, 5) is 12.1. The Balaban J connectivity index is 1.92. The van der Waals surface area contributed by atoms with Gasteiger partial charge in [0.05, 0.1) is 12.1 Å². The molecule has 0 unspecified atom stereocenters. The van der Waals surface area contributed by atoms with Gasteiger partial charge in [0, 0.05) is 17.8 Å². The molecular weight excluding hydrogens is 361 g/mol. The summed E-state index contributed by atoms with van der Waals surface area (Å²) in [5.74, 6) is -0.297. The summed E-state index contributed by atoms with van der Waals surface area (Å²) in [6.45, 7) is 8.71. The van der Waals surface area contributed by atoms with Crippen molar-refractivity contribution in [2.45, 2.75) is 53.6 Å². The van der Waals surface area contributed by atoms with Crippen molar-refractivity contribution in [1.82, 2.24) is 9.78 Å². The van der Waals surface area contributed by atoms with Crippen LogP contribution in [0.2, 0.25) is 0 Å². The third-order valence-electron chi connectivity index (χ3n) is 3.95. The number of carbonyl (C=O) groups excluding carboxylic acids is 1. The van der Waals surface area contributed by atoms with Gasteiger partial charge in [0.15, 0.2) is 0 Å². The second-order valence-electron chi connectivity index (χ2n) is 6.75. The van der Waals surface area contributed by atoms with E-state index in [1.165, 1.54) is 24.3 Å². The Morgan fingerprint density at radius 1 is 1.19 bits per heavy atom. The molecule has 0 fully saturated rings. The highest BCUT2D eigenvalue weighted by Crippen LogP contribution is 2.23. The van der Waals surface area contributed by atoms with Crippen LogP contribution in [0, 0.1) is 19.8 Å². The molecule has 0 aliphatic heterocycles. The molecule has 1 aromatic carbocycles. The molecule has 0 aliphatic rings. The summed E-state index contributed by atoms with van der Waals surface area (Å²) in [6, 6.07) is 5.21. The van der Waals surface area contributed by atoms with Gasteiger partial charge in [-0.2, -0.15) is 5.10 Å². The number of nitrogens with zero attached hydrogens (tertiary/aromatic N) is 2. The predicted octanol–water partition coefficient (Wildman–Crippen LogP) is 4.34. The summed E-state index contributed by atoms with van der Waals surface area (Å²) in [6.07, 6.45) is -4.63. The van der Waals surface area contributed by atoms with Crippen LogP contribution in [0.1, 0.15) is 36.4 Å². The minimum absolute atomic E-state index is 0.0244. The summed E-state index contributed by atoms with van der Waals surface area (Å²) in [7, 11) is 0. The maximum atomic E-state index is 12.1. The van der Waals surface area contributed by atoms with Crippen molar-refractivity contribution in [1.29, 1.82) is 0 Å². The predicted molar refractivity (Wildman–Crippen MR) is 93.2 cm³/mol. The molecule has 0 spiro atoms. The zero-order chi connectivity index (χ0) is 20.2. The third kappa shape index (κ3) is 6.30. The van der Waals surface area contributed by atoms with Gasteiger partial charge in [-0.3, -0.25) is 9.48 Å². The van der Waals surface area contributed by atoms with E-state index < -0.39 is 12.3 Å². The number of hydrogen-bond donors (Lipinski definition) is 0. The highest BCUT2D eigenvalue weighted by Gasteiger charge is 2.30. The first-order chi connectivity index (χ1) is 12.5. The van der Waals surface area contributed by atoms with Gasteiger partial charge in [-0.05, 0) is 37.5 Å². The monoisotopic (exact) mass is 384 g/mol. The average molecular weight is 384 g/mol. The van der Waals surface area contributed by atoms with Gasteiger partial charge in [0.1, 0.15) is 12.4 Å². The van der Waals surface area contributed by atoms with E-state index in [1.54, 1.807) is 0 Å². The number of esters is 1. The molecule has 0 saturated carbocycles. The maximum absolute atomic E-state index is 12.1. The number of carbonyl (C=O) groups is 1. The molecule has 0 bridgehead atoms. The van der Waals surface area contributed by atoms with E-state index in [9.17, 15) is 18.0 Å². The second kappa shape index (κ2) is 8.45. The van der Waals surface area contributed by atoms with Crippen molar-refractivity contribution in [2.75, 3.05) is 0 Å². The SMILES string of the molecule is Cc1nn(CC(C)C)c(C)c1CC(=O)OCc1ccc(OC(F)(F)F)cc1. The van der Waals surface area contributed by atoms with E-state index in [2.05, 4.69) is 23.7 Å². The Morgan fingerprint density at radius 2 is 1.81 bits per heavy atom. The van der Waals surface area contributed by atoms with Crippen LogP contribution in [0.5, 0.6) is 5.75 Å². The lowest BCUT2D eigenvalue weighted by atomic mass is 10.1. The Morgan fingerprint density at radius 3 is 2.37 bits per heavy atom. The number of alkyl halides is 3. The molecule has 0 atom stereocenters. The Kier molecular flexibility index (Phi) is 6.51. The fourth-order valence-electron chi connectivity index (χ4n) is 2.66. The largest absolute Gasteiger partial charge is 0.573 e.